The molecule has 2 heterocycles. The molecule has 1 aliphatic heterocycles. The number of aromatic nitrogens is 2. The van der Waals surface area contributed by atoms with E-state index >= 15 is 0 Å². The number of benzene rings is 1. The molecule has 1 saturated heterocycles. The van der Waals surface area contributed by atoms with Crippen molar-refractivity contribution in [2.45, 2.75) is 18.9 Å². The number of carbonyl (C=O) groups excluding carboxylic acids is 1. The SMILES string of the molecule is CNCC1CCCN1C(=O)c1cccc(Oc2cnccn2)c1. The highest BCUT2D eigenvalue weighted by atomic mass is 16.5. The van der Waals surface area contributed by atoms with Crippen molar-refractivity contribution in [1.82, 2.24) is 20.2 Å². The molecule has 0 radical (unpaired) electrons. The third kappa shape index (κ3) is 3.65. The van der Waals surface area contributed by atoms with Crippen LogP contribution in [0.5, 0.6) is 11.6 Å². The van der Waals surface area contributed by atoms with Gasteiger partial charge in [0, 0.05) is 37.1 Å². The predicted octanol–water partition coefficient (Wildman–Crippen LogP) is 2.09. The normalized spacial score (nSPS) is 17.3. The van der Waals surface area contributed by atoms with Crippen molar-refractivity contribution in [3.63, 3.8) is 0 Å². The van der Waals surface area contributed by atoms with Crippen LogP contribution < -0.4 is 10.1 Å². The maximum Gasteiger partial charge on any atom is 0.254 e. The molecule has 23 heavy (non-hydrogen) atoms. The van der Waals surface area contributed by atoms with E-state index in [0.29, 0.717) is 17.2 Å². The molecular weight excluding hydrogens is 292 g/mol. The summed E-state index contributed by atoms with van der Waals surface area (Å²) in [6.45, 7) is 1.63. The number of carbonyl (C=O) groups is 1. The molecule has 120 valence electrons. The van der Waals surface area contributed by atoms with Crippen molar-refractivity contribution >= 4 is 5.91 Å². The monoisotopic (exact) mass is 312 g/mol. The fourth-order valence-corrected chi connectivity index (χ4v) is 2.87. The average Bonchev–Trinajstić information content (AvgIpc) is 3.04. The molecule has 1 aromatic heterocycles. The second-order valence-electron chi connectivity index (χ2n) is 5.53. The first-order valence-corrected chi connectivity index (χ1v) is 7.77. The van der Waals surface area contributed by atoms with Crippen LogP contribution in [0.15, 0.2) is 42.9 Å². The number of nitrogens with zero attached hydrogens (tertiary/aromatic N) is 3. The van der Waals surface area contributed by atoms with Gasteiger partial charge in [-0.3, -0.25) is 9.78 Å². The summed E-state index contributed by atoms with van der Waals surface area (Å²) >= 11 is 0. The Bertz CT molecular complexity index is 663. The van der Waals surface area contributed by atoms with E-state index in [9.17, 15) is 4.79 Å². The molecule has 6 heteroatoms. The Balaban J connectivity index is 1.75. The zero-order valence-electron chi connectivity index (χ0n) is 13.1. The molecule has 0 saturated carbocycles. The van der Waals surface area contributed by atoms with E-state index < -0.39 is 0 Å². The molecule has 1 fully saturated rings. The van der Waals surface area contributed by atoms with E-state index in [4.69, 9.17) is 4.74 Å². The van der Waals surface area contributed by atoms with Crippen LogP contribution >= 0.6 is 0 Å². The van der Waals surface area contributed by atoms with E-state index in [2.05, 4.69) is 15.3 Å². The number of hydrogen-bond acceptors (Lipinski definition) is 5. The molecule has 6 nitrogen and oxygen atoms in total. The van der Waals surface area contributed by atoms with Gasteiger partial charge in [0.1, 0.15) is 5.75 Å². The summed E-state index contributed by atoms with van der Waals surface area (Å²) in [5, 5.41) is 3.16. The molecule has 1 aromatic carbocycles. The van der Waals surface area contributed by atoms with Crippen molar-refractivity contribution in [3.05, 3.63) is 48.4 Å². The van der Waals surface area contributed by atoms with Crippen LogP contribution in [0.2, 0.25) is 0 Å². The van der Waals surface area contributed by atoms with Crippen LogP contribution in [-0.2, 0) is 0 Å². The van der Waals surface area contributed by atoms with Gasteiger partial charge in [-0.15, -0.1) is 0 Å². The molecule has 1 atom stereocenters. The highest BCUT2D eigenvalue weighted by molar-refractivity contribution is 5.95. The second kappa shape index (κ2) is 7.19. The molecule has 1 unspecified atom stereocenters. The highest BCUT2D eigenvalue weighted by Crippen LogP contribution is 2.23. The van der Waals surface area contributed by atoms with Gasteiger partial charge >= 0.3 is 0 Å². The molecule has 1 amide bonds. The summed E-state index contributed by atoms with van der Waals surface area (Å²) < 4.78 is 5.65. The maximum atomic E-state index is 12.8. The second-order valence-corrected chi connectivity index (χ2v) is 5.53. The lowest BCUT2D eigenvalue weighted by Gasteiger charge is -2.24. The Morgan fingerprint density at radius 2 is 2.35 bits per heavy atom. The van der Waals surface area contributed by atoms with Crippen LogP contribution in [-0.4, -0.2) is 47.0 Å². The van der Waals surface area contributed by atoms with Crippen LogP contribution in [0.25, 0.3) is 0 Å². The Morgan fingerprint density at radius 1 is 1.43 bits per heavy atom. The van der Waals surface area contributed by atoms with Crippen molar-refractivity contribution in [3.8, 4) is 11.6 Å². The third-order valence-electron chi connectivity index (χ3n) is 3.92. The zero-order valence-corrected chi connectivity index (χ0v) is 13.1. The van der Waals surface area contributed by atoms with Gasteiger partial charge in [0.05, 0.1) is 6.20 Å². The van der Waals surface area contributed by atoms with E-state index in [1.54, 1.807) is 24.5 Å². The first-order valence-electron chi connectivity index (χ1n) is 7.77. The van der Waals surface area contributed by atoms with E-state index in [1.807, 2.05) is 24.1 Å². The lowest BCUT2D eigenvalue weighted by Crippen LogP contribution is -2.40. The van der Waals surface area contributed by atoms with Crippen molar-refractivity contribution < 1.29 is 9.53 Å². The van der Waals surface area contributed by atoms with Gasteiger partial charge < -0.3 is 15.0 Å². The molecule has 0 spiro atoms. The van der Waals surface area contributed by atoms with Crippen LogP contribution in [0, 0.1) is 0 Å². The van der Waals surface area contributed by atoms with Crippen LogP contribution in [0.1, 0.15) is 23.2 Å². The zero-order chi connectivity index (χ0) is 16.1. The van der Waals surface area contributed by atoms with Gasteiger partial charge in [0.2, 0.25) is 5.88 Å². The van der Waals surface area contributed by atoms with E-state index in [1.165, 1.54) is 6.20 Å². The predicted molar refractivity (Wildman–Crippen MR) is 86.5 cm³/mol. The lowest BCUT2D eigenvalue weighted by molar-refractivity contribution is 0.0736. The van der Waals surface area contributed by atoms with Crippen molar-refractivity contribution in [2.75, 3.05) is 20.1 Å². The Hall–Kier alpha value is -2.47. The molecule has 2 aromatic rings. The summed E-state index contributed by atoms with van der Waals surface area (Å²) in [5.41, 5.74) is 0.634. The van der Waals surface area contributed by atoms with Crippen molar-refractivity contribution in [1.29, 1.82) is 0 Å². The van der Waals surface area contributed by atoms with Crippen LogP contribution in [0.4, 0.5) is 0 Å². The molecule has 1 N–H and O–H groups in total. The van der Waals surface area contributed by atoms with Gasteiger partial charge in [-0.2, -0.15) is 0 Å². The summed E-state index contributed by atoms with van der Waals surface area (Å²) in [6.07, 6.45) is 6.78. The van der Waals surface area contributed by atoms with Crippen LogP contribution in [0.3, 0.4) is 0 Å². The number of hydrogen-bond donors (Lipinski definition) is 1. The van der Waals surface area contributed by atoms with E-state index in [-0.39, 0.29) is 11.9 Å². The number of nitrogens with one attached hydrogen (secondary N) is 1. The molecule has 3 rings (SSSR count). The average molecular weight is 312 g/mol. The molecule has 0 aliphatic carbocycles. The molecule has 1 aliphatic rings. The maximum absolute atomic E-state index is 12.8. The van der Waals surface area contributed by atoms with Gasteiger partial charge in [0.15, 0.2) is 0 Å². The van der Waals surface area contributed by atoms with Gasteiger partial charge in [-0.1, -0.05) is 6.07 Å². The van der Waals surface area contributed by atoms with E-state index in [0.717, 1.165) is 25.9 Å². The summed E-state index contributed by atoms with van der Waals surface area (Å²) in [4.78, 5) is 22.7. The minimum absolute atomic E-state index is 0.0485. The summed E-state index contributed by atoms with van der Waals surface area (Å²) in [5.74, 6) is 1.04. The fourth-order valence-electron chi connectivity index (χ4n) is 2.87. The highest BCUT2D eigenvalue weighted by Gasteiger charge is 2.28. The number of rotatable bonds is 5. The minimum Gasteiger partial charge on any atom is -0.437 e. The first kappa shape index (κ1) is 15.4. The van der Waals surface area contributed by atoms with Gasteiger partial charge in [-0.05, 0) is 38.1 Å². The first-order chi connectivity index (χ1) is 11.3. The van der Waals surface area contributed by atoms with Gasteiger partial charge in [-0.25, -0.2) is 4.98 Å². The number of likely N-dealkylation sites (N-methyl/N-ethyl adjacent to an activating group) is 1. The minimum atomic E-state index is 0.0485. The van der Waals surface area contributed by atoms with Gasteiger partial charge in [0.25, 0.3) is 5.91 Å². The fraction of sp³-hybridized carbons (Fsp3) is 0.353. The third-order valence-corrected chi connectivity index (χ3v) is 3.92. The van der Waals surface area contributed by atoms with Crippen molar-refractivity contribution in [2.24, 2.45) is 0 Å². The summed E-state index contributed by atoms with van der Waals surface area (Å²) in [7, 11) is 1.91. The molecule has 0 bridgehead atoms. The Morgan fingerprint density at radius 3 is 3.13 bits per heavy atom. The topological polar surface area (TPSA) is 67.4 Å². The molecular formula is C17H20N4O2. The Kier molecular flexibility index (Phi) is 4.83. The largest absolute Gasteiger partial charge is 0.437 e. The number of likely N-dealkylation sites (tertiary alicyclic amines) is 1. The smallest absolute Gasteiger partial charge is 0.254 e. The summed E-state index contributed by atoms with van der Waals surface area (Å²) in [6, 6.07) is 7.46. The Labute approximate surface area is 135 Å². The number of amides is 1. The number of ether oxygens (including phenoxy) is 1. The quantitative estimate of drug-likeness (QED) is 0.915. The standard InChI is InChI=1S/C17H20N4O2/c1-18-11-14-5-3-9-21(14)17(22)13-4-2-6-15(10-13)23-16-12-19-7-8-20-16/h2,4,6-8,10,12,14,18H,3,5,9,11H2,1H3. The lowest BCUT2D eigenvalue weighted by atomic mass is 10.1.